The predicted octanol–water partition coefficient (Wildman–Crippen LogP) is 1.95. The number of rotatable bonds is 7. The zero-order valence-corrected chi connectivity index (χ0v) is 17.1. The van der Waals surface area contributed by atoms with Crippen LogP contribution in [-0.4, -0.2) is 76.2 Å². The molecule has 2 heterocycles. The van der Waals surface area contributed by atoms with Crippen LogP contribution in [0.2, 0.25) is 0 Å². The molecule has 2 fully saturated rings. The van der Waals surface area contributed by atoms with Crippen molar-refractivity contribution in [1.82, 2.24) is 20.4 Å². The summed E-state index contributed by atoms with van der Waals surface area (Å²) in [6.07, 6.45) is 3.83. The van der Waals surface area contributed by atoms with Gasteiger partial charge in [0.2, 0.25) is 0 Å². The Balaban J connectivity index is 1.59. The summed E-state index contributed by atoms with van der Waals surface area (Å²) in [5, 5.41) is 7.08. The molecule has 2 aliphatic rings. The molecule has 2 unspecified atom stereocenters. The number of likely N-dealkylation sites (tertiary alicyclic amines) is 2. The average molecular weight is 374 g/mol. The van der Waals surface area contributed by atoms with Gasteiger partial charge in [-0.05, 0) is 69.6 Å². The lowest BCUT2D eigenvalue weighted by Crippen LogP contribution is -2.44. The monoisotopic (exact) mass is 373 g/mol. The quantitative estimate of drug-likeness (QED) is 0.565. The van der Waals surface area contributed by atoms with Gasteiger partial charge in [0.05, 0.1) is 13.2 Å². The number of hydrogen-bond donors (Lipinski definition) is 2. The van der Waals surface area contributed by atoms with Crippen LogP contribution in [0, 0.1) is 5.92 Å². The minimum absolute atomic E-state index is 0.332. The highest BCUT2D eigenvalue weighted by molar-refractivity contribution is 5.79. The molecule has 2 aliphatic heterocycles. The summed E-state index contributed by atoms with van der Waals surface area (Å²) in [7, 11) is 5.78. The second-order valence-electron chi connectivity index (χ2n) is 7.79. The molecule has 6 heteroatoms. The van der Waals surface area contributed by atoms with Crippen molar-refractivity contribution < 1.29 is 4.74 Å². The normalized spacial score (nSPS) is 22.8. The zero-order chi connectivity index (χ0) is 19.1. The van der Waals surface area contributed by atoms with Crippen molar-refractivity contribution in [2.75, 3.05) is 60.5 Å². The number of aliphatic imine (C=N–C) groups is 1. The fraction of sp³-hybridized carbons (Fsp3) is 0.667. The maximum absolute atomic E-state index is 5.44. The number of nitrogens with one attached hydrogen (secondary N) is 2. The Morgan fingerprint density at radius 3 is 2.74 bits per heavy atom. The molecule has 0 saturated carbocycles. The Morgan fingerprint density at radius 1 is 1.26 bits per heavy atom. The van der Waals surface area contributed by atoms with Crippen LogP contribution in [0.5, 0.6) is 5.75 Å². The first kappa shape index (κ1) is 20.0. The van der Waals surface area contributed by atoms with Crippen molar-refractivity contribution in [2.24, 2.45) is 10.9 Å². The molecule has 2 saturated heterocycles. The van der Waals surface area contributed by atoms with Gasteiger partial charge in [-0.15, -0.1) is 0 Å². The minimum Gasteiger partial charge on any atom is -0.497 e. The van der Waals surface area contributed by atoms with E-state index in [1.165, 1.54) is 37.9 Å². The number of guanidine groups is 1. The molecule has 3 rings (SSSR count). The minimum atomic E-state index is 0.332. The number of ether oxygens (including phenoxy) is 1. The van der Waals surface area contributed by atoms with Gasteiger partial charge in [-0.3, -0.25) is 9.89 Å². The van der Waals surface area contributed by atoms with Crippen LogP contribution >= 0.6 is 0 Å². The van der Waals surface area contributed by atoms with E-state index in [4.69, 9.17) is 4.74 Å². The maximum atomic E-state index is 5.44. The molecule has 0 amide bonds. The molecule has 0 spiro atoms. The van der Waals surface area contributed by atoms with Crippen LogP contribution in [-0.2, 0) is 0 Å². The van der Waals surface area contributed by atoms with E-state index in [1.54, 1.807) is 7.11 Å². The Morgan fingerprint density at radius 2 is 2.07 bits per heavy atom. The van der Waals surface area contributed by atoms with Gasteiger partial charge < -0.3 is 20.3 Å². The van der Waals surface area contributed by atoms with Gasteiger partial charge in [0.25, 0.3) is 0 Å². The summed E-state index contributed by atoms with van der Waals surface area (Å²) in [6.45, 7) is 6.51. The van der Waals surface area contributed by atoms with E-state index < -0.39 is 0 Å². The van der Waals surface area contributed by atoms with Gasteiger partial charge in [-0.1, -0.05) is 12.1 Å². The molecule has 0 aromatic heterocycles. The Labute approximate surface area is 164 Å². The molecule has 2 atom stereocenters. The first-order chi connectivity index (χ1) is 13.2. The van der Waals surface area contributed by atoms with Crippen LogP contribution < -0.4 is 15.4 Å². The molecule has 27 heavy (non-hydrogen) atoms. The first-order valence-electron chi connectivity index (χ1n) is 10.2. The Kier molecular flexibility index (Phi) is 7.35. The van der Waals surface area contributed by atoms with Crippen LogP contribution in [0.3, 0.4) is 0 Å². The Bertz CT molecular complexity index is 614. The van der Waals surface area contributed by atoms with Gasteiger partial charge >= 0.3 is 0 Å². The number of methoxy groups -OCH3 is 1. The van der Waals surface area contributed by atoms with Gasteiger partial charge in [0, 0.05) is 26.7 Å². The van der Waals surface area contributed by atoms with Crippen LogP contribution in [0.1, 0.15) is 30.9 Å². The molecule has 0 radical (unpaired) electrons. The zero-order valence-electron chi connectivity index (χ0n) is 17.1. The van der Waals surface area contributed by atoms with E-state index >= 15 is 0 Å². The lowest BCUT2D eigenvalue weighted by Gasteiger charge is -2.29. The van der Waals surface area contributed by atoms with Gasteiger partial charge in [-0.2, -0.15) is 0 Å². The van der Waals surface area contributed by atoms with E-state index in [-0.39, 0.29) is 0 Å². The van der Waals surface area contributed by atoms with Gasteiger partial charge in [0.15, 0.2) is 5.96 Å². The molecule has 6 nitrogen and oxygen atoms in total. The second-order valence-corrected chi connectivity index (χ2v) is 7.79. The largest absolute Gasteiger partial charge is 0.497 e. The molecule has 0 bridgehead atoms. The Hall–Kier alpha value is -1.79. The predicted molar refractivity (Wildman–Crippen MR) is 112 cm³/mol. The highest BCUT2D eigenvalue weighted by Gasteiger charge is 2.24. The lowest BCUT2D eigenvalue weighted by atomic mass is 10.1. The summed E-state index contributed by atoms with van der Waals surface area (Å²) >= 11 is 0. The molecule has 2 N–H and O–H groups in total. The van der Waals surface area contributed by atoms with Crippen LogP contribution in [0.4, 0.5) is 0 Å². The standard InChI is InChI=1S/C21H35N5O/c1-22-21(23-14-17-9-12-25(2)16-17)24-15-20(26-10-4-5-11-26)18-7-6-8-19(13-18)27-3/h6-8,13,17,20H,4-5,9-12,14-16H2,1-3H3,(H2,22,23,24). The van der Waals surface area contributed by atoms with E-state index in [9.17, 15) is 0 Å². The SMILES string of the molecule is CN=C(NCC1CCN(C)C1)NCC(c1cccc(OC)c1)N1CCCC1. The molecular formula is C21H35N5O. The fourth-order valence-corrected chi connectivity index (χ4v) is 4.21. The summed E-state index contributed by atoms with van der Waals surface area (Å²) in [6, 6.07) is 8.80. The van der Waals surface area contributed by atoms with Gasteiger partial charge in [0.1, 0.15) is 5.75 Å². The van der Waals surface area contributed by atoms with Gasteiger partial charge in [-0.25, -0.2) is 0 Å². The fourth-order valence-electron chi connectivity index (χ4n) is 4.21. The average Bonchev–Trinajstić information content (AvgIpc) is 3.36. The smallest absolute Gasteiger partial charge is 0.191 e. The summed E-state index contributed by atoms with van der Waals surface area (Å²) in [4.78, 5) is 9.40. The van der Waals surface area contributed by atoms with Crippen molar-refractivity contribution in [3.8, 4) is 5.75 Å². The van der Waals surface area contributed by atoms with Crippen molar-refractivity contribution in [2.45, 2.75) is 25.3 Å². The first-order valence-corrected chi connectivity index (χ1v) is 10.2. The van der Waals surface area contributed by atoms with Crippen molar-refractivity contribution in [3.63, 3.8) is 0 Å². The number of hydrogen-bond acceptors (Lipinski definition) is 4. The van der Waals surface area contributed by atoms with E-state index in [2.05, 4.69) is 50.7 Å². The van der Waals surface area contributed by atoms with Crippen molar-refractivity contribution in [1.29, 1.82) is 0 Å². The number of nitrogens with zero attached hydrogens (tertiary/aromatic N) is 3. The van der Waals surface area contributed by atoms with Crippen molar-refractivity contribution >= 4 is 5.96 Å². The van der Waals surface area contributed by atoms with E-state index in [1.807, 2.05) is 13.1 Å². The molecule has 150 valence electrons. The third-order valence-corrected chi connectivity index (χ3v) is 5.79. The summed E-state index contributed by atoms with van der Waals surface area (Å²) in [5.41, 5.74) is 1.30. The van der Waals surface area contributed by atoms with Crippen LogP contribution in [0.25, 0.3) is 0 Å². The third kappa shape index (κ3) is 5.59. The summed E-state index contributed by atoms with van der Waals surface area (Å²) < 4.78 is 5.44. The third-order valence-electron chi connectivity index (χ3n) is 5.79. The molecular weight excluding hydrogens is 338 g/mol. The topological polar surface area (TPSA) is 52.1 Å². The van der Waals surface area contributed by atoms with Crippen LogP contribution in [0.15, 0.2) is 29.3 Å². The molecule has 0 aliphatic carbocycles. The highest BCUT2D eigenvalue weighted by atomic mass is 16.5. The van der Waals surface area contributed by atoms with E-state index in [0.717, 1.165) is 37.9 Å². The molecule has 1 aromatic rings. The summed E-state index contributed by atoms with van der Waals surface area (Å²) in [5.74, 6) is 2.53. The van der Waals surface area contributed by atoms with Crippen molar-refractivity contribution in [3.05, 3.63) is 29.8 Å². The number of benzene rings is 1. The molecule has 1 aromatic carbocycles. The lowest BCUT2D eigenvalue weighted by molar-refractivity contribution is 0.245. The second kappa shape index (κ2) is 9.95. The maximum Gasteiger partial charge on any atom is 0.191 e. The highest BCUT2D eigenvalue weighted by Crippen LogP contribution is 2.27. The van der Waals surface area contributed by atoms with E-state index in [0.29, 0.717) is 12.0 Å².